The second kappa shape index (κ2) is 8.35. The highest BCUT2D eigenvalue weighted by Crippen LogP contribution is 2.28. The van der Waals surface area contributed by atoms with E-state index in [2.05, 4.69) is 64.8 Å². The number of rotatable bonds is 7. The van der Waals surface area contributed by atoms with E-state index < -0.39 is 0 Å². The Balaban J connectivity index is 2.13. The molecule has 0 unspecified atom stereocenters. The molecule has 0 aromatic heterocycles. The number of para-hydroxylation sites is 1. The van der Waals surface area contributed by atoms with Gasteiger partial charge >= 0.3 is 0 Å². The zero-order valence-corrected chi connectivity index (χ0v) is 14.8. The van der Waals surface area contributed by atoms with Gasteiger partial charge in [0.05, 0.1) is 6.61 Å². The molecule has 0 spiro atoms. The summed E-state index contributed by atoms with van der Waals surface area (Å²) in [5, 5.41) is 3.50. The van der Waals surface area contributed by atoms with Gasteiger partial charge in [0.1, 0.15) is 5.75 Å². The van der Waals surface area contributed by atoms with Gasteiger partial charge in [-0.15, -0.1) is 11.8 Å². The van der Waals surface area contributed by atoms with Crippen LogP contribution in [0.3, 0.4) is 0 Å². The van der Waals surface area contributed by atoms with Crippen LogP contribution >= 0.6 is 27.7 Å². The molecule has 112 valence electrons. The molecule has 2 nitrogen and oxygen atoms in total. The molecule has 0 aliphatic heterocycles. The molecule has 0 heterocycles. The molecule has 0 saturated carbocycles. The van der Waals surface area contributed by atoms with Crippen LogP contribution in [-0.2, 0) is 6.54 Å². The summed E-state index contributed by atoms with van der Waals surface area (Å²) in [4.78, 5) is 1.25. The Morgan fingerprint density at radius 3 is 2.76 bits per heavy atom. The molecule has 2 aromatic carbocycles. The van der Waals surface area contributed by atoms with Crippen LogP contribution in [0.4, 0.5) is 5.69 Å². The first-order chi connectivity index (χ1) is 10.2. The van der Waals surface area contributed by atoms with Crippen molar-refractivity contribution in [1.29, 1.82) is 0 Å². The summed E-state index contributed by atoms with van der Waals surface area (Å²) in [6.45, 7) is 3.61. The second-order valence-corrected chi connectivity index (χ2v) is 6.42. The first kappa shape index (κ1) is 16.2. The molecular formula is C17H20BrNOS. The predicted octanol–water partition coefficient (Wildman–Crippen LogP) is 5.57. The van der Waals surface area contributed by atoms with Gasteiger partial charge in [0.2, 0.25) is 0 Å². The fourth-order valence-corrected chi connectivity index (χ4v) is 3.00. The molecule has 2 rings (SSSR count). The van der Waals surface area contributed by atoms with E-state index in [1.165, 1.54) is 4.90 Å². The monoisotopic (exact) mass is 365 g/mol. The fraction of sp³-hybridized carbons (Fsp3) is 0.294. The standard InChI is InChI=1S/C17H20BrNOS/c1-3-10-20-16-9-8-14(18)11-13(16)12-19-15-6-4-5-7-17(15)21-2/h4-9,11,19H,3,10,12H2,1-2H3. The van der Waals surface area contributed by atoms with E-state index in [0.717, 1.165) is 41.0 Å². The Labute approximate surface area is 139 Å². The van der Waals surface area contributed by atoms with Gasteiger partial charge in [0.15, 0.2) is 0 Å². The van der Waals surface area contributed by atoms with Crippen molar-refractivity contribution in [2.24, 2.45) is 0 Å². The highest BCUT2D eigenvalue weighted by atomic mass is 79.9. The van der Waals surface area contributed by atoms with Gasteiger partial charge < -0.3 is 10.1 Å². The molecule has 0 bridgehead atoms. The Kier molecular flexibility index (Phi) is 6.46. The van der Waals surface area contributed by atoms with Gasteiger partial charge in [0, 0.05) is 27.2 Å². The number of thioether (sulfide) groups is 1. The van der Waals surface area contributed by atoms with Crippen LogP contribution in [0, 0.1) is 0 Å². The van der Waals surface area contributed by atoms with Crippen LogP contribution < -0.4 is 10.1 Å². The minimum atomic E-state index is 0.746. The zero-order chi connectivity index (χ0) is 15.1. The van der Waals surface area contributed by atoms with Crippen molar-refractivity contribution in [3.05, 3.63) is 52.5 Å². The number of anilines is 1. The zero-order valence-electron chi connectivity index (χ0n) is 12.4. The van der Waals surface area contributed by atoms with Gasteiger partial charge in [0.25, 0.3) is 0 Å². The summed E-state index contributed by atoms with van der Waals surface area (Å²) in [6.07, 6.45) is 3.10. The number of benzene rings is 2. The van der Waals surface area contributed by atoms with Crippen LogP contribution in [0.2, 0.25) is 0 Å². The Morgan fingerprint density at radius 1 is 1.19 bits per heavy atom. The molecule has 0 amide bonds. The minimum Gasteiger partial charge on any atom is -0.493 e. The van der Waals surface area contributed by atoms with E-state index >= 15 is 0 Å². The number of halogens is 1. The van der Waals surface area contributed by atoms with Crippen molar-refractivity contribution in [2.75, 3.05) is 18.2 Å². The lowest BCUT2D eigenvalue weighted by Gasteiger charge is -2.14. The normalized spacial score (nSPS) is 10.4. The topological polar surface area (TPSA) is 21.3 Å². The van der Waals surface area contributed by atoms with Gasteiger partial charge in [-0.05, 0) is 43.0 Å². The molecule has 0 aliphatic rings. The average Bonchev–Trinajstić information content (AvgIpc) is 2.52. The number of hydrogen-bond donors (Lipinski definition) is 1. The largest absolute Gasteiger partial charge is 0.493 e. The third-order valence-electron chi connectivity index (χ3n) is 3.06. The number of nitrogens with one attached hydrogen (secondary N) is 1. The SMILES string of the molecule is CCCOc1ccc(Br)cc1CNc1ccccc1SC. The van der Waals surface area contributed by atoms with E-state index in [1.54, 1.807) is 11.8 Å². The van der Waals surface area contributed by atoms with E-state index in [9.17, 15) is 0 Å². The van der Waals surface area contributed by atoms with E-state index in [0.29, 0.717) is 0 Å². The Morgan fingerprint density at radius 2 is 2.00 bits per heavy atom. The van der Waals surface area contributed by atoms with Crippen molar-refractivity contribution in [1.82, 2.24) is 0 Å². The molecular weight excluding hydrogens is 346 g/mol. The van der Waals surface area contributed by atoms with Gasteiger partial charge in [-0.1, -0.05) is 35.0 Å². The van der Waals surface area contributed by atoms with Crippen LogP contribution in [0.1, 0.15) is 18.9 Å². The first-order valence-electron chi connectivity index (χ1n) is 7.02. The van der Waals surface area contributed by atoms with Crippen molar-refractivity contribution in [3.8, 4) is 5.75 Å². The van der Waals surface area contributed by atoms with E-state index in [1.807, 2.05) is 12.1 Å². The molecule has 0 radical (unpaired) electrons. The molecule has 21 heavy (non-hydrogen) atoms. The third-order valence-corrected chi connectivity index (χ3v) is 4.35. The van der Waals surface area contributed by atoms with Crippen LogP contribution in [0.25, 0.3) is 0 Å². The van der Waals surface area contributed by atoms with E-state index in [4.69, 9.17) is 4.74 Å². The minimum absolute atomic E-state index is 0.746. The maximum absolute atomic E-state index is 5.82. The number of ether oxygens (including phenoxy) is 1. The quantitative estimate of drug-likeness (QED) is 0.647. The molecule has 4 heteroatoms. The number of hydrogen-bond acceptors (Lipinski definition) is 3. The lowest BCUT2D eigenvalue weighted by atomic mass is 10.2. The highest BCUT2D eigenvalue weighted by Gasteiger charge is 2.06. The summed E-state index contributed by atoms with van der Waals surface area (Å²) in [7, 11) is 0. The Bertz CT molecular complexity index is 589. The highest BCUT2D eigenvalue weighted by molar-refractivity contribution is 9.10. The second-order valence-electron chi connectivity index (χ2n) is 4.65. The Hall–Kier alpha value is -1.13. The predicted molar refractivity (Wildman–Crippen MR) is 95.5 cm³/mol. The van der Waals surface area contributed by atoms with Gasteiger partial charge in [-0.2, -0.15) is 0 Å². The van der Waals surface area contributed by atoms with Crippen molar-refractivity contribution in [2.45, 2.75) is 24.8 Å². The van der Waals surface area contributed by atoms with Crippen LogP contribution in [0.15, 0.2) is 51.8 Å². The van der Waals surface area contributed by atoms with Crippen LogP contribution in [-0.4, -0.2) is 12.9 Å². The van der Waals surface area contributed by atoms with Gasteiger partial charge in [-0.25, -0.2) is 0 Å². The maximum atomic E-state index is 5.82. The molecule has 0 fully saturated rings. The van der Waals surface area contributed by atoms with Gasteiger partial charge in [-0.3, -0.25) is 0 Å². The smallest absolute Gasteiger partial charge is 0.124 e. The molecule has 2 aromatic rings. The summed E-state index contributed by atoms with van der Waals surface area (Å²) in [5.74, 6) is 0.953. The maximum Gasteiger partial charge on any atom is 0.124 e. The molecule has 0 atom stereocenters. The average molecular weight is 366 g/mol. The third kappa shape index (κ3) is 4.68. The summed E-state index contributed by atoms with van der Waals surface area (Å²) >= 11 is 5.28. The summed E-state index contributed by atoms with van der Waals surface area (Å²) < 4.78 is 6.89. The molecule has 1 N–H and O–H groups in total. The van der Waals surface area contributed by atoms with Crippen LogP contribution in [0.5, 0.6) is 5.75 Å². The lowest BCUT2D eigenvalue weighted by molar-refractivity contribution is 0.314. The molecule has 0 aliphatic carbocycles. The lowest BCUT2D eigenvalue weighted by Crippen LogP contribution is -2.04. The summed E-state index contributed by atoms with van der Waals surface area (Å²) in [6, 6.07) is 14.5. The van der Waals surface area contributed by atoms with Crippen molar-refractivity contribution < 1.29 is 4.74 Å². The van der Waals surface area contributed by atoms with Crippen molar-refractivity contribution in [3.63, 3.8) is 0 Å². The first-order valence-corrected chi connectivity index (χ1v) is 9.04. The van der Waals surface area contributed by atoms with Crippen molar-refractivity contribution >= 4 is 33.4 Å². The summed E-state index contributed by atoms with van der Waals surface area (Å²) in [5.41, 5.74) is 2.32. The molecule has 0 saturated heterocycles. The fourth-order valence-electron chi connectivity index (χ4n) is 2.02. The van der Waals surface area contributed by atoms with E-state index in [-0.39, 0.29) is 0 Å².